The van der Waals surface area contributed by atoms with Crippen LogP contribution in [-0.4, -0.2) is 7.05 Å². The molecule has 4 heteroatoms. The fraction of sp³-hybridized carbons (Fsp3) is 0.200. The number of rotatable bonds is 3. The molecular formula is C10H10BrNOS. The first-order chi connectivity index (χ1) is 6.81. The number of furan rings is 1. The Morgan fingerprint density at radius 1 is 1.43 bits per heavy atom. The number of nitrogens with one attached hydrogen (secondary N) is 1. The van der Waals surface area contributed by atoms with E-state index in [0.29, 0.717) is 0 Å². The molecule has 2 rings (SSSR count). The van der Waals surface area contributed by atoms with Gasteiger partial charge >= 0.3 is 0 Å². The molecule has 0 aliphatic rings. The molecular weight excluding hydrogens is 262 g/mol. The van der Waals surface area contributed by atoms with Gasteiger partial charge < -0.3 is 9.73 Å². The minimum atomic E-state index is 0.146. The third-order valence-electron chi connectivity index (χ3n) is 2.04. The Kier molecular flexibility index (Phi) is 3.05. The zero-order valence-electron chi connectivity index (χ0n) is 7.66. The van der Waals surface area contributed by atoms with Crippen molar-refractivity contribution in [1.82, 2.24) is 5.32 Å². The van der Waals surface area contributed by atoms with Crippen LogP contribution in [0.2, 0.25) is 0 Å². The predicted octanol–water partition coefficient (Wildman–Crippen LogP) is 3.41. The number of thiophene rings is 1. The molecule has 0 spiro atoms. The van der Waals surface area contributed by atoms with Crippen molar-refractivity contribution in [2.45, 2.75) is 6.04 Å². The Bertz CT molecular complexity index is 396. The smallest absolute Gasteiger partial charge is 0.169 e. The molecule has 14 heavy (non-hydrogen) atoms. The van der Waals surface area contributed by atoms with Crippen molar-refractivity contribution in [1.29, 1.82) is 0 Å². The molecule has 0 aromatic carbocycles. The van der Waals surface area contributed by atoms with Crippen LogP contribution in [0.4, 0.5) is 0 Å². The summed E-state index contributed by atoms with van der Waals surface area (Å²) in [6, 6.07) is 6.13. The van der Waals surface area contributed by atoms with Gasteiger partial charge in [0, 0.05) is 0 Å². The van der Waals surface area contributed by atoms with Gasteiger partial charge in [-0.05, 0) is 57.5 Å². The molecule has 2 aromatic heterocycles. The monoisotopic (exact) mass is 271 g/mol. The van der Waals surface area contributed by atoms with E-state index in [2.05, 4.69) is 38.1 Å². The van der Waals surface area contributed by atoms with Crippen molar-refractivity contribution in [2.24, 2.45) is 0 Å². The normalized spacial score (nSPS) is 13.0. The van der Waals surface area contributed by atoms with Crippen molar-refractivity contribution in [3.05, 3.63) is 45.0 Å². The average molecular weight is 272 g/mol. The molecule has 74 valence electrons. The first-order valence-corrected chi connectivity index (χ1v) is 5.99. The summed E-state index contributed by atoms with van der Waals surface area (Å²) >= 11 is 4.99. The lowest BCUT2D eigenvalue weighted by atomic mass is 10.1. The minimum Gasteiger partial charge on any atom is -0.452 e. The summed E-state index contributed by atoms with van der Waals surface area (Å²) < 4.78 is 6.29. The second kappa shape index (κ2) is 4.29. The summed E-state index contributed by atoms with van der Waals surface area (Å²) in [6.45, 7) is 0. The fourth-order valence-electron chi connectivity index (χ4n) is 1.40. The molecule has 0 aliphatic heterocycles. The summed E-state index contributed by atoms with van der Waals surface area (Å²) in [5, 5.41) is 7.42. The molecule has 0 amide bonds. The van der Waals surface area contributed by atoms with Crippen LogP contribution in [0.25, 0.3) is 0 Å². The van der Waals surface area contributed by atoms with Gasteiger partial charge in [-0.25, -0.2) is 0 Å². The van der Waals surface area contributed by atoms with Crippen molar-refractivity contribution >= 4 is 27.3 Å². The molecule has 0 fully saturated rings. The lowest BCUT2D eigenvalue weighted by Gasteiger charge is -2.11. The van der Waals surface area contributed by atoms with Crippen molar-refractivity contribution < 1.29 is 4.42 Å². The Labute approximate surface area is 95.1 Å². The van der Waals surface area contributed by atoms with Gasteiger partial charge in [0.25, 0.3) is 0 Å². The van der Waals surface area contributed by atoms with Crippen molar-refractivity contribution in [2.75, 3.05) is 7.05 Å². The minimum absolute atomic E-state index is 0.146. The molecule has 0 saturated carbocycles. The summed E-state index contributed by atoms with van der Waals surface area (Å²) in [7, 11) is 1.93. The van der Waals surface area contributed by atoms with Gasteiger partial charge in [0.15, 0.2) is 4.67 Å². The van der Waals surface area contributed by atoms with Crippen LogP contribution in [0.3, 0.4) is 0 Å². The van der Waals surface area contributed by atoms with Crippen LogP contribution < -0.4 is 5.32 Å². The molecule has 1 atom stereocenters. The highest BCUT2D eigenvalue weighted by Crippen LogP contribution is 2.26. The summed E-state index contributed by atoms with van der Waals surface area (Å²) in [5.41, 5.74) is 1.24. The highest BCUT2D eigenvalue weighted by molar-refractivity contribution is 9.10. The van der Waals surface area contributed by atoms with Crippen LogP contribution in [0.5, 0.6) is 0 Å². The van der Waals surface area contributed by atoms with Gasteiger partial charge in [-0.2, -0.15) is 11.3 Å². The largest absolute Gasteiger partial charge is 0.452 e. The zero-order chi connectivity index (χ0) is 9.97. The third kappa shape index (κ3) is 1.92. The van der Waals surface area contributed by atoms with Crippen LogP contribution in [0.1, 0.15) is 17.4 Å². The maximum Gasteiger partial charge on any atom is 0.169 e. The molecule has 0 aliphatic carbocycles. The molecule has 0 bridgehead atoms. The van der Waals surface area contributed by atoms with E-state index < -0.39 is 0 Å². The standard InChI is InChI=1S/C10H10BrNOS/c1-12-10(7-4-5-14-6-7)8-2-3-9(11)13-8/h2-6,10,12H,1H3. The first kappa shape index (κ1) is 9.96. The molecule has 2 aromatic rings. The zero-order valence-corrected chi connectivity index (χ0v) is 10.1. The lowest BCUT2D eigenvalue weighted by molar-refractivity contribution is 0.447. The van der Waals surface area contributed by atoms with Crippen LogP contribution >= 0.6 is 27.3 Å². The number of hydrogen-bond donors (Lipinski definition) is 1. The number of halogens is 1. The third-order valence-corrected chi connectivity index (χ3v) is 3.17. The fourth-order valence-corrected chi connectivity index (χ4v) is 2.40. The van der Waals surface area contributed by atoms with E-state index >= 15 is 0 Å². The van der Waals surface area contributed by atoms with Gasteiger partial charge in [-0.1, -0.05) is 0 Å². The van der Waals surface area contributed by atoms with Gasteiger partial charge in [0.2, 0.25) is 0 Å². The molecule has 1 N–H and O–H groups in total. The second-order valence-corrected chi connectivity index (χ2v) is 4.48. The van der Waals surface area contributed by atoms with E-state index in [1.807, 2.05) is 19.2 Å². The Morgan fingerprint density at radius 3 is 2.79 bits per heavy atom. The van der Waals surface area contributed by atoms with Gasteiger partial charge in [0.1, 0.15) is 5.76 Å². The SMILES string of the molecule is CNC(c1ccsc1)c1ccc(Br)o1. The Hall–Kier alpha value is -0.580. The summed E-state index contributed by atoms with van der Waals surface area (Å²) in [4.78, 5) is 0. The Balaban J connectivity index is 2.31. The topological polar surface area (TPSA) is 25.2 Å². The molecule has 0 saturated heterocycles. The molecule has 0 radical (unpaired) electrons. The van der Waals surface area contributed by atoms with Gasteiger partial charge in [-0.15, -0.1) is 0 Å². The molecule has 2 heterocycles. The molecule has 2 nitrogen and oxygen atoms in total. The van der Waals surface area contributed by atoms with E-state index in [0.717, 1.165) is 10.4 Å². The van der Waals surface area contributed by atoms with Gasteiger partial charge in [-0.3, -0.25) is 0 Å². The maximum absolute atomic E-state index is 5.52. The maximum atomic E-state index is 5.52. The van der Waals surface area contributed by atoms with E-state index in [1.165, 1.54) is 5.56 Å². The molecule has 1 unspecified atom stereocenters. The van der Waals surface area contributed by atoms with E-state index in [1.54, 1.807) is 11.3 Å². The quantitative estimate of drug-likeness (QED) is 0.926. The summed E-state index contributed by atoms with van der Waals surface area (Å²) in [6.07, 6.45) is 0. The Morgan fingerprint density at radius 2 is 2.29 bits per heavy atom. The number of hydrogen-bond acceptors (Lipinski definition) is 3. The average Bonchev–Trinajstić information content (AvgIpc) is 2.79. The van der Waals surface area contributed by atoms with Crippen molar-refractivity contribution in [3.8, 4) is 0 Å². The van der Waals surface area contributed by atoms with E-state index in [4.69, 9.17) is 4.42 Å². The van der Waals surface area contributed by atoms with E-state index in [-0.39, 0.29) is 6.04 Å². The van der Waals surface area contributed by atoms with Crippen LogP contribution in [0, 0.1) is 0 Å². The summed E-state index contributed by atoms with van der Waals surface area (Å²) in [5.74, 6) is 0.928. The van der Waals surface area contributed by atoms with Crippen molar-refractivity contribution in [3.63, 3.8) is 0 Å². The van der Waals surface area contributed by atoms with Crippen LogP contribution in [0.15, 0.2) is 38.0 Å². The first-order valence-electron chi connectivity index (χ1n) is 4.26. The van der Waals surface area contributed by atoms with E-state index in [9.17, 15) is 0 Å². The lowest BCUT2D eigenvalue weighted by Crippen LogP contribution is -2.16. The second-order valence-electron chi connectivity index (χ2n) is 2.92. The van der Waals surface area contributed by atoms with Crippen LogP contribution in [-0.2, 0) is 0 Å². The van der Waals surface area contributed by atoms with Gasteiger partial charge in [0.05, 0.1) is 6.04 Å². The highest BCUT2D eigenvalue weighted by Gasteiger charge is 2.15. The highest BCUT2D eigenvalue weighted by atomic mass is 79.9. The predicted molar refractivity (Wildman–Crippen MR) is 61.6 cm³/mol.